The molecule has 1 heterocycles. The van der Waals surface area contributed by atoms with Gasteiger partial charge in [-0.15, -0.1) is 12.4 Å². The van der Waals surface area contributed by atoms with Crippen LogP contribution in [0.15, 0.2) is 6.07 Å². The average Bonchev–Trinajstić information content (AvgIpc) is 2.19. The molecule has 0 amide bonds. The van der Waals surface area contributed by atoms with Crippen LogP contribution in [0.5, 0.6) is 0 Å². The van der Waals surface area contributed by atoms with Gasteiger partial charge in [0, 0.05) is 25.3 Å². The molecular weight excluding hydrogens is 212 g/mol. The molecule has 15 heavy (non-hydrogen) atoms. The Bertz CT molecular complexity index is 299. The van der Waals surface area contributed by atoms with E-state index in [1.54, 1.807) is 0 Å². The summed E-state index contributed by atoms with van der Waals surface area (Å²) in [5.41, 5.74) is 7.44. The highest BCUT2D eigenvalue weighted by molar-refractivity contribution is 5.85. The van der Waals surface area contributed by atoms with Crippen LogP contribution in [-0.2, 0) is 6.54 Å². The Morgan fingerprint density at radius 3 is 2.33 bits per heavy atom. The fraction of sp³-hybridized carbons (Fsp3) is 0.600. The van der Waals surface area contributed by atoms with Gasteiger partial charge >= 0.3 is 0 Å². The molecule has 0 fully saturated rings. The maximum Gasteiger partial charge on any atom is 0.225 e. The Hall–Kier alpha value is -0.870. The molecule has 5 heteroatoms. The van der Waals surface area contributed by atoms with Crippen LogP contribution in [0, 0.1) is 6.92 Å². The molecule has 0 saturated heterocycles. The zero-order valence-electron chi connectivity index (χ0n) is 9.53. The molecule has 0 atom stereocenters. The molecule has 0 aliphatic rings. The minimum Gasteiger partial charge on any atom is -0.341 e. The second-order valence-electron chi connectivity index (χ2n) is 3.18. The molecule has 1 aromatic rings. The van der Waals surface area contributed by atoms with Crippen molar-refractivity contribution in [3.8, 4) is 0 Å². The van der Waals surface area contributed by atoms with E-state index in [4.69, 9.17) is 5.73 Å². The first-order chi connectivity index (χ1) is 6.71. The lowest BCUT2D eigenvalue weighted by atomic mass is 10.3. The van der Waals surface area contributed by atoms with Gasteiger partial charge in [-0.2, -0.15) is 0 Å². The van der Waals surface area contributed by atoms with Crippen LogP contribution in [0.2, 0.25) is 0 Å². The van der Waals surface area contributed by atoms with Gasteiger partial charge in [0.25, 0.3) is 0 Å². The predicted octanol–water partition coefficient (Wildman–Crippen LogP) is 1.51. The van der Waals surface area contributed by atoms with Gasteiger partial charge in [0.1, 0.15) is 0 Å². The molecule has 1 rings (SSSR count). The van der Waals surface area contributed by atoms with Crippen LogP contribution in [0.25, 0.3) is 0 Å². The number of nitrogens with zero attached hydrogens (tertiary/aromatic N) is 3. The van der Waals surface area contributed by atoms with Crippen LogP contribution in [-0.4, -0.2) is 23.1 Å². The molecule has 0 bridgehead atoms. The van der Waals surface area contributed by atoms with Crippen LogP contribution < -0.4 is 10.6 Å². The zero-order valence-corrected chi connectivity index (χ0v) is 10.3. The van der Waals surface area contributed by atoms with Crippen molar-refractivity contribution in [3.05, 3.63) is 17.5 Å². The molecule has 4 nitrogen and oxygen atoms in total. The normalized spacial score (nSPS) is 9.60. The maximum absolute atomic E-state index is 5.56. The third kappa shape index (κ3) is 3.64. The van der Waals surface area contributed by atoms with Gasteiger partial charge < -0.3 is 10.6 Å². The Morgan fingerprint density at radius 1 is 1.27 bits per heavy atom. The summed E-state index contributed by atoms with van der Waals surface area (Å²) in [5, 5.41) is 0. The van der Waals surface area contributed by atoms with E-state index in [1.807, 2.05) is 13.0 Å². The summed E-state index contributed by atoms with van der Waals surface area (Å²) in [5.74, 6) is 0.787. The quantitative estimate of drug-likeness (QED) is 0.852. The zero-order chi connectivity index (χ0) is 10.6. The van der Waals surface area contributed by atoms with E-state index in [-0.39, 0.29) is 12.4 Å². The maximum atomic E-state index is 5.56. The van der Waals surface area contributed by atoms with Gasteiger partial charge in [-0.3, -0.25) is 0 Å². The van der Waals surface area contributed by atoms with E-state index >= 15 is 0 Å². The molecule has 2 N–H and O–H groups in total. The number of anilines is 1. The first-order valence-electron chi connectivity index (χ1n) is 5.00. The summed E-state index contributed by atoms with van der Waals surface area (Å²) in [7, 11) is 0. The molecule has 0 aliphatic carbocycles. The number of rotatable bonds is 4. The molecule has 0 aromatic carbocycles. The highest BCUT2D eigenvalue weighted by Crippen LogP contribution is 2.09. The van der Waals surface area contributed by atoms with Crippen molar-refractivity contribution in [2.45, 2.75) is 27.3 Å². The van der Waals surface area contributed by atoms with Crippen LogP contribution in [0.4, 0.5) is 5.95 Å². The number of nitrogens with two attached hydrogens (primary N) is 1. The molecule has 0 unspecified atom stereocenters. The Kier molecular flexibility index (Phi) is 6.20. The highest BCUT2D eigenvalue weighted by atomic mass is 35.5. The second-order valence-corrected chi connectivity index (χ2v) is 3.18. The van der Waals surface area contributed by atoms with Gasteiger partial charge in [0.15, 0.2) is 0 Å². The van der Waals surface area contributed by atoms with Crippen molar-refractivity contribution in [3.63, 3.8) is 0 Å². The number of halogens is 1. The summed E-state index contributed by atoms with van der Waals surface area (Å²) < 4.78 is 0. The Morgan fingerprint density at radius 2 is 1.87 bits per heavy atom. The van der Waals surface area contributed by atoms with E-state index in [1.165, 1.54) is 0 Å². The SMILES string of the molecule is CCN(CC)c1nc(C)cc(CN)n1.Cl. The molecule has 1 aromatic heterocycles. The van der Waals surface area contributed by atoms with E-state index in [0.717, 1.165) is 30.4 Å². The van der Waals surface area contributed by atoms with Crippen molar-refractivity contribution in [2.24, 2.45) is 5.73 Å². The summed E-state index contributed by atoms with van der Waals surface area (Å²) in [6.07, 6.45) is 0. The molecule has 0 aliphatic heterocycles. The monoisotopic (exact) mass is 230 g/mol. The van der Waals surface area contributed by atoms with E-state index in [9.17, 15) is 0 Å². The molecule has 0 saturated carbocycles. The van der Waals surface area contributed by atoms with Crippen LogP contribution in [0.1, 0.15) is 25.2 Å². The molecule has 86 valence electrons. The Balaban J connectivity index is 0.00000196. The summed E-state index contributed by atoms with van der Waals surface area (Å²) >= 11 is 0. The number of aromatic nitrogens is 2. The smallest absolute Gasteiger partial charge is 0.225 e. The van der Waals surface area contributed by atoms with Crippen molar-refractivity contribution < 1.29 is 0 Å². The number of hydrogen-bond acceptors (Lipinski definition) is 4. The van der Waals surface area contributed by atoms with E-state index < -0.39 is 0 Å². The number of hydrogen-bond donors (Lipinski definition) is 1. The van der Waals surface area contributed by atoms with Crippen LogP contribution >= 0.6 is 12.4 Å². The number of aryl methyl sites for hydroxylation is 1. The largest absolute Gasteiger partial charge is 0.341 e. The third-order valence-electron chi connectivity index (χ3n) is 2.15. The minimum atomic E-state index is 0. The fourth-order valence-corrected chi connectivity index (χ4v) is 1.37. The first kappa shape index (κ1) is 14.1. The van der Waals surface area contributed by atoms with Crippen molar-refractivity contribution in [1.82, 2.24) is 9.97 Å². The van der Waals surface area contributed by atoms with Crippen molar-refractivity contribution >= 4 is 18.4 Å². The van der Waals surface area contributed by atoms with Gasteiger partial charge in [0.05, 0.1) is 5.69 Å². The summed E-state index contributed by atoms with van der Waals surface area (Å²) in [6.45, 7) is 8.47. The highest BCUT2D eigenvalue weighted by Gasteiger charge is 2.06. The summed E-state index contributed by atoms with van der Waals surface area (Å²) in [4.78, 5) is 10.9. The predicted molar refractivity (Wildman–Crippen MR) is 65.5 cm³/mol. The molecule has 0 spiro atoms. The molecular formula is C10H19ClN4. The van der Waals surface area contributed by atoms with E-state index in [0.29, 0.717) is 6.54 Å². The fourth-order valence-electron chi connectivity index (χ4n) is 1.37. The van der Waals surface area contributed by atoms with Gasteiger partial charge in [-0.25, -0.2) is 9.97 Å². The lowest BCUT2D eigenvalue weighted by Gasteiger charge is -2.19. The van der Waals surface area contributed by atoms with E-state index in [2.05, 4.69) is 28.7 Å². The lowest BCUT2D eigenvalue weighted by Crippen LogP contribution is -2.25. The van der Waals surface area contributed by atoms with Crippen molar-refractivity contribution in [2.75, 3.05) is 18.0 Å². The second kappa shape index (κ2) is 6.58. The van der Waals surface area contributed by atoms with Crippen molar-refractivity contribution in [1.29, 1.82) is 0 Å². The standard InChI is InChI=1S/C10H18N4.ClH/c1-4-14(5-2)10-12-8(3)6-9(7-11)13-10;/h6H,4-5,7,11H2,1-3H3;1H. The topological polar surface area (TPSA) is 55.0 Å². The first-order valence-corrected chi connectivity index (χ1v) is 5.00. The average molecular weight is 231 g/mol. The minimum absolute atomic E-state index is 0. The lowest BCUT2D eigenvalue weighted by molar-refractivity contribution is 0.801. The summed E-state index contributed by atoms with van der Waals surface area (Å²) in [6, 6.07) is 1.92. The molecule has 0 radical (unpaired) electrons. The van der Waals surface area contributed by atoms with Gasteiger partial charge in [-0.05, 0) is 26.8 Å². The van der Waals surface area contributed by atoms with Crippen LogP contribution in [0.3, 0.4) is 0 Å². The van der Waals surface area contributed by atoms with Gasteiger partial charge in [-0.1, -0.05) is 0 Å². The Labute approximate surface area is 97.3 Å². The third-order valence-corrected chi connectivity index (χ3v) is 2.15. The van der Waals surface area contributed by atoms with Gasteiger partial charge in [0.2, 0.25) is 5.95 Å².